The van der Waals surface area contributed by atoms with Gasteiger partial charge in [0.1, 0.15) is 22.3 Å². The molecule has 72 heavy (non-hydrogen) atoms. The van der Waals surface area contributed by atoms with E-state index in [1.807, 2.05) is 23.5 Å². The van der Waals surface area contributed by atoms with Crippen molar-refractivity contribution < 1.29 is 8.83 Å². The van der Waals surface area contributed by atoms with Crippen molar-refractivity contribution in [3.05, 3.63) is 265 Å². The molecule has 0 aliphatic heterocycles. The molecule has 11 aromatic carbocycles. The summed E-state index contributed by atoms with van der Waals surface area (Å²) in [6, 6.07) is 90.7. The molecule has 340 valence electrons. The van der Waals surface area contributed by atoms with E-state index in [4.69, 9.17) is 8.83 Å². The molecule has 0 aliphatic carbocycles. The van der Waals surface area contributed by atoms with Gasteiger partial charge in [-0.05, 0) is 98.2 Å². The molecule has 3 heteroatoms. The van der Waals surface area contributed by atoms with Gasteiger partial charge in [0, 0.05) is 52.8 Å². The van der Waals surface area contributed by atoms with Crippen molar-refractivity contribution in [2.24, 2.45) is 0 Å². The van der Waals surface area contributed by atoms with Crippen molar-refractivity contribution in [2.45, 2.75) is 18.8 Å². The molecular weight excluding hydrogens is 893 g/mol. The van der Waals surface area contributed by atoms with Gasteiger partial charge in [-0.3, -0.25) is 0 Å². The van der Waals surface area contributed by atoms with Gasteiger partial charge in [-0.1, -0.05) is 231 Å². The number of rotatable bonds is 10. The lowest BCUT2D eigenvalue weighted by Gasteiger charge is -2.22. The van der Waals surface area contributed by atoms with Gasteiger partial charge in [0.25, 0.3) is 0 Å². The smallest absolute Gasteiger partial charge is 0.143 e. The highest BCUT2D eigenvalue weighted by molar-refractivity contribution is 7.26. The summed E-state index contributed by atoms with van der Waals surface area (Å²) in [5, 5.41) is 7.21. The fourth-order valence-electron chi connectivity index (χ4n) is 11.2. The predicted octanol–water partition coefficient (Wildman–Crippen LogP) is 19.8. The second kappa shape index (κ2) is 17.6. The molecule has 2 nitrogen and oxygen atoms in total. The Kier molecular flexibility index (Phi) is 10.3. The Morgan fingerprint density at radius 1 is 0.319 bits per heavy atom. The van der Waals surface area contributed by atoms with E-state index in [1.54, 1.807) is 0 Å². The van der Waals surface area contributed by atoms with Crippen LogP contribution in [0.5, 0.6) is 0 Å². The summed E-state index contributed by atoms with van der Waals surface area (Å²) >= 11 is 1.88. The fourth-order valence-corrected chi connectivity index (χ4v) is 12.5. The monoisotopic (exact) mass is 938 g/mol. The van der Waals surface area contributed by atoms with Crippen LogP contribution in [0.3, 0.4) is 0 Å². The topological polar surface area (TPSA) is 26.3 Å². The van der Waals surface area contributed by atoms with Gasteiger partial charge in [-0.25, -0.2) is 0 Å². The van der Waals surface area contributed by atoms with Gasteiger partial charge in [0.15, 0.2) is 0 Å². The highest BCUT2D eigenvalue weighted by atomic mass is 32.1. The van der Waals surface area contributed by atoms with Crippen LogP contribution in [0.1, 0.15) is 22.6 Å². The van der Waals surface area contributed by atoms with E-state index >= 15 is 0 Å². The largest absolute Gasteiger partial charge is 0.455 e. The average molecular weight is 939 g/mol. The van der Waals surface area contributed by atoms with Gasteiger partial charge >= 0.3 is 0 Å². The summed E-state index contributed by atoms with van der Waals surface area (Å²) in [4.78, 5) is 0. The number of para-hydroxylation sites is 4. The Labute approximate surface area is 421 Å². The Bertz CT molecular complexity index is 4310. The number of furan rings is 2. The quantitative estimate of drug-likeness (QED) is 0.137. The van der Waals surface area contributed by atoms with Gasteiger partial charge in [-0.15, -0.1) is 11.3 Å². The molecule has 0 amide bonds. The van der Waals surface area contributed by atoms with E-state index in [9.17, 15) is 0 Å². The summed E-state index contributed by atoms with van der Waals surface area (Å²) in [6.45, 7) is 0. The first-order valence-electron chi connectivity index (χ1n) is 24.9. The zero-order chi connectivity index (χ0) is 47.5. The first-order valence-corrected chi connectivity index (χ1v) is 25.7. The third kappa shape index (κ3) is 7.40. The molecular formula is C69H46O2S. The molecule has 0 aliphatic rings. The predicted molar refractivity (Wildman–Crippen MR) is 304 cm³/mol. The SMILES string of the molecule is c1ccc(-c2ccc(-c3ccc(-c4cccc5c4sc4ccccc45)cc3)c(CC(Cc3ccc(-c4cccc5c4oc4ccccc45)cc3)c3ccc(-c4cccc5c4oc4ccccc45)cc3)c2)cc1. The molecule has 0 saturated carbocycles. The Balaban J connectivity index is 0.857. The molecule has 14 rings (SSSR count). The van der Waals surface area contributed by atoms with Gasteiger partial charge < -0.3 is 8.83 Å². The summed E-state index contributed by atoms with van der Waals surface area (Å²) in [6.07, 6.45) is 1.71. The van der Waals surface area contributed by atoms with E-state index in [-0.39, 0.29) is 5.92 Å². The fraction of sp³-hybridized carbons (Fsp3) is 0.0435. The van der Waals surface area contributed by atoms with E-state index < -0.39 is 0 Å². The average Bonchev–Trinajstić information content (AvgIpc) is 4.15. The molecule has 1 unspecified atom stereocenters. The van der Waals surface area contributed by atoms with Crippen LogP contribution in [0.15, 0.2) is 258 Å². The number of fused-ring (bicyclic) bond motifs is 9. The Hall–Kier alpha value is -8.76. The normalized spacial score (nSPS) is 12.2. The number of hydrogen-bond donors (Lipinski definition) is 0. The molecule has 0 spiro atoms. The number of thiophene rings is 1. The molecule has 0 fully saturated rings. The number of hydrogen-bond acceptors (Lipinski definition) is 3. The van der Waals surface area contributed by atoms with Crippen molar-refractivity contribution in [1.82, 2.24) is 0 Å². The van der Waals surface area contributed by atoms with Gasteiger partial charge in [0.05, 0.1) is 0 Å². The molecule has 3 heterocycles. The summed E-state index contributed by atoms with van der Waals surface area (Å²) in [5.74, 6) is 0.167. The Morgan fingerprint density at radius 2 is 0.806 bits per heavy atom. The van der Waals surface area contributed by atoms with Crippen molar-refractivity contribution >= 4 is 75.4 Å². The van der Waals surface area contributed by atoms with Crippen molar-refractivity contribution in [1.29, 1.82) is 0 Å². The second-order valence-corrected chi connectivity index (χ2v) is 20.1. The molecule has 0 saturated heterocycles. The van der Waals surface area contributed by atoms with E-state index in [0.29, 0.717) is 0 Å². The number of benzene rings is 11. The van der Waals surface area contributed by atoms with Gasteiger partial charge in [0.2, 0.25) is 0 Å². The minimum absolute atomic E-state index is 0.167. The molecule has 14 aromatic rings. The van der Waals surface area contributed by atoms with Crippen molar-refractivity contribution in [2.75, 3.05) is 0 Å². The lowest BCUT2D eigenvalue weighted by atomic mass is 9.82. The lowest BCUT2D eigenvalue weighted by Crippen LogP contribution is -2.08. The van der Waals surface area contributed by atoms with Crippen molar-refractivity contribution in [3.8, 4) is 55.6 Å². The minimum Gasteiger partial charge on any atom is -0.455 e. The van der Waals surface area contributed by atoms with E-state index in [0.717, 1.165) is 79.0 Å². The maximum atomic E-state index is 6.52. The third-order valence-corrected chi connectivity index (χ3v) is 16.1. The summed E-state index contributed by atoms with van der Waals surface area (Å²) in [5.41, 5.74) is 19.5. The maximum absolute atomic E-state index is 6.52. The van der Waals surface area contributed by atoms with E-state index in [2.05, 4.69) is 237 Å². The summed E-state index contributed by atoms with van der Waals surface area (Å²) < 4.78 is 15.7. The second-order valence-electron chi connectivity index (χ2n) is 19.1. The van der Waals surface area contributed by atoms with Crippen LogP contribution in [0, 0.1) is 0 Å². The van der Waals surface area contributed by atoms with Crippen molar-refractivity contribution in [3.63, 3.8) is 0 Å². The molecule has 0 radical (unpaired) electrons. The van der Waals surface area contributed by atoms with Crippen LogP contribution in [-0.4, -0.2) is 0 Å². The molecule has 3 aromatic heterocycles. The highest BCUT2D eigenvalue weighted by Crippen LogP contribution is 2.43. The first kappa shape index (κ1) is 42.1. The first-order chi connectivity index (χ1) is 35.7. The third-order valence-electron chi connectivity index (χ3n) is 14.8. The highest BCUT2D eigenvalue weighted by Gasteiger charge is 2.21. The van der Waals surface area contributed by atoms with Crippen LogP contribution in [0.4, 0.5) is 0 Å². The zero-order valence-corrected chi connectivity index (χ0v) is 40.2. The summed E-state index contributed by atoms with van der Waals surface area (Å²) in [7, 11) is 0. The van der Waals surface area contributed by atoms with Gasteiger partial charge in [-0.2, -0.15) is 0 Å². The lowest BCUT2D eigenvalue weighted by molar-refractivity contribution is 0.669. The molecule has 0 N–H and O–H groups in total. The standard InChI is InChI=1S/C69H46O2S/c1-2-13-45(14-3-1)51-39-40-54(47-35-37-50(38-36-47)57-20-12-23-63-60-17-6-9-26-66(60)72-69(57)63)53(42-51)43-52(46-31-33-49(34-32-46)56-19-11-22-62-59-16-5-8-25-65(59)71-68(56)62)41-44-27-29-48(30-28-44)55-18-10-21-61-58-15-4-7-24-64(58)70-67(55)61/h1-40,42,52H,41,43H2. The van der Waals surface area contributed by atoms with Crippen LogP contribution in [-0.2, 0) is 12.8 Å². The molecule has 1 atom stereocenters. The van der Waals surface area contributed by atoms with Crippen LogP contribution in [0.2, 0.25) is 0 Å². The van der Waals surface area contributed by atoms with Crippen LogP contribution in [0.25, 0.3) is 120 Å². The van der Waals surface area contributed by atoms with Crippen LogP contribution < -0.4 is 0 Å². The van der Waals surface area contributed by atoms with Crippen LogP contribution >= 0.6 is 11.3 Å². The zero-order valence-electron chi connectivity index (χ0n) is 39.4. The maximum Gasteiger partial charge on any atom is 0.143 e. The minimum atomic E-state index is 0.167. The van der Waals surface area contributed by atoms with E-state index in [1.165, 1.54) is 70.2 Å². The Morgan fingerprint density at radius 3 is 1.46 bits per heavy atom. The molecule has 0 bridgehead atoms.